The van der Waals surface area contributed by atoms with E-state index < -0.39 is 42.3 Å². The van der Waals surface area contributed by atoms with Gasteiger partial charge in [-0.25, -0.2) is 13.2 Å². The second-order valence-corrected chi connectivity index (χ2v) is 3.11. The van der Waals surface area contributed by atoms with E-state index in [4.69, 9.17) is 0 Å². The molecule has 0 bridgehead atoms. The lowest BCUT2D eigenvalue weighted by molar-refractivity contribution is -0.274. The Balaban J connectivity index is 5.87. The van der Waals surface area contributed by atoms with E-state index in [-0.39, 0.29) is 0 Å². The molecule has 0 amide bonds. The Morgan fingerprint density at radius 2 is 0.947 bits per heavy atom. The fourth-order valence-electron chi connectivity index (χ4n) is 0.645. The van der Waals surface area contributed by atoms with Gasteiger partial charge in [0.25, 0.3) is 0 Å². The smallest absolute Gasteiger partial charge is 0.244 e. The molecule has 0 nitrogen and oxygen atoms in total. The SMILES string of the molecule is FCC(F)(F)C(F)(F)C(F)=C(F)C(F)(F)C(F)(F)F. The van der Waals surface area contributed by atoms with Crippen LogP contribution in [-0.4, -0.2) is 30.6 Å². The van der Waals surface area contributed by atoms with Crippen molar-refractivity contribution in [3.8, 4) is 0 Å². The Hall–Kier alpha value is -1.10. The molecule has 114 valence electrons. The monoisotopic (exact) mass is 314 g/mol. The average Bonchev–Trinajstić information content (AvgIpc) is 2.24. The summed E-state index contributed by atoms with van der Waals surface area (Å²) in [6.07, 6.45) is -6.84. The van der Waals surface area contributed by atoms with Gasteiger partial charge in [-0.05, 0) is 0 Å². The molecule has 0 unspecified atom stereocenters. The maximum Gasteiger partial charge on any atom is 0.460 e. The number of alkyl halides is 10. The Morgan fingerprint density at radius 1 is 0.632 bits per heavy atom. The highest BCUT2D eigenvalue weighted by Crippen LogP contribution is 2.49. The number of hydrogen-bond acceptors (Lipinski definition) is 0. The molecule has 0 atom stereocenters. The topological polar surface area (TPSA) is 0 Å². The predicted octanol–water partition coefficient (Wildman–Crippen LogP) is 4.57. The second-order valence-electron chi connectivity index (χ2n) is 3.11. The summed E-state index contributed by atoms with van der Waals surface area (Å²) >= 11 is 0. The van der Waals surface area contributed by atoms with Crippen LogP contribution in [0.4, 0.5) is 52.7 Å². The van der Waals surface area contributed by atoms with Gasteiger partial charge in [0.1, 0.15) is 0 Å². The number of hydrogen-bond donors (Lipinski definition) is 0. The highest BCUT2D eigenvalue weighted by atomic mass is 19.4. The summed E-state index contributed by atoms with van der Waals surface area (Å²) in [7, 11) is 0. The summed E-state index contributed by atoms with van der Waals surface area (Å²) in [6.45, 7) is -3.31. The summed E-state index contributed by atoms with van der Waals surface area (Å²) in [5.41, 5.74) is 0. The molecular weight excluding hydrogens is 312 g/mol. The zero-order valence-corrected chi connectivity index (χ0v) is 8.24. The van der Waals surface area contributed by atoms with Gasteiger partial charge in [0.15, 0.2) is 6.67 Å². The number of rotatable bonds is 4. The van der Waals surface area contributed by atoms with E-state index in [1.54, 1.807) is 0 Å². The van der Waals surface area contributed by atoms with E-state index in [1.807, 2.05) is 0 Å². The summed E-state index contributed by atoms with van der Waals surface area (Å²) in [5, 5.41) is 0. The molecule has 0 aliphatic heterocycles. The third-order valence-electron chi connectivity index (χ3n) is 1.73. The standard InChI is InChI=1S/C7H2F12/c8-1-4(11,12)5(13,14)2(9)3(10)6(15,16)7(17,18)19/h1H2. The Kier molecular flexibility index (Phi) is 4.50. The minimum absolute atomic E-state index is 3.31. The fraction of sp³-hybridized carbons (Fsp3) is 0.714. The molecule has 0 aromatic carbocycles. The third kappa shape index (κ3) is 2.91. The van der Waals surface area contributed by atoms with Gasteiger partial charge in [-0.3, -0.25) is 0 Å². The lowest BCUT2D eigenvalue weighted by Crippen LogP contribution is -2.46. The Morgan fingerprint density at radius 3 is 1.21 bits per heavy atom. The van der Waals surface area contributed by atoms with Crippen molar-refractivity contribution in [1.29, 1.82) is 0 Å². The molecule has 0 N–H and O–H groups in total. The molecule has 0 saturated carbocycles. The van der Waals surface area contributed by atoms with E-state index in [9.17, 15) is 52.7 Å². The largest absolute Gasteiger partial charge is 0.460 e. The zero-order chi connectivity index (χ0) is 15.9. The van der Waals surface area contributed by atoms with Crippen molar-refractivity contribution in [3.05, 3.63) is 11.7 Å². The summed E-state index contributed by atoms with van der Waals surface area (Å²) < 4.78 is 144. The van der Waals surface area contributed by atoms with E-state index in [2.05, 4.69) is 0 Å². The first-order chi connectivity index (χ1) is 8.13. The zero-order valence-electron chi connectivity index (χ0n) is 8.24. The van der Waals surface area contributed by atoms with Crippen molar-refractivity contribution < 1.29 is 52.7 Å². The van der Waals surface area contributed by atoms with Crippen LogP contribution in [0.5, 0.6) is 0 Å². The molecule has 0 fully saturated rings. The van der Waals surface area contributed by atoms with Gasteiger partial charge < -0.3 is 0 Å². The molecule has 0 spiro atoms. The molecule has 0 aliphatic carbocycles. The highest BCUT2D eigenvalue weighted by Gasteiger charge is 2.68. The van der Waals surface area contributed by atoms with Crippen LogP contribution in [0.25, 0.3) is 0 Å². The first-order valence-corrected chi connectivity index (χ1v) is 3.95. The van der Waals surface area contributed by atoms with Crippen LogP contribution >= 0.6 is 0 Å². The van der Waals surface area contributed by atoms with Crippen LogP contribution in [0.2, 0.25) is 0 Å². The molecule has 0 aromatic rings. The first kappa shape index (κ1) is 17.9. The maximum atomic E-state index is 12.4. The van der Waals surface area contributed by atoms with Gasteiger partial charge in [-0.1, -0.05) is 0 Å². The van der Waals surface area contributed by atoms with Crippen LogP contribution < -0.4 is 0 Å². The summed E-state index contributed by atoms with van der Waals surface area (Å²) in [6, 6.07) is 0. The van der Waals surface area contributed by atoms with E-state index in [0.29, 0.717) is 0 Å². The molecule has 0 heterocycles. The van der Waals surface area contributed by atoms with Crippen LogP contribution in [0.1, 0.15) is 0 Å². The number of halogens is 12. The molecule has 0 saturated heterocycles. The predicted molar refractivity (Wildman–Crippen MR) is 36.1 cm³/mol. The van der Waals surface area contributed by atoms with Crippen molar-refractivity contribution in [2.75, 3.05) is 6.67 Å². The second kappa shape index (κ2) is 4.78. The maximum absolute atomic E-state index is 12.4. The minimum atomic E-state index is -6.84. The molecule has 0 aliphatic rings. The van der Waals surface area contributed by atoms with Gasteiger partial charge in [0.2, 0.25) is 11.7 Å². The molecule has 0 rings (SSSR count). The Bertz CT molecular complexity index is 361. The lowest BCUT2D eigenvalue weighted by Gasteiger charge is -2.25. The first-order valence-electron chi connectivity index (χ1n) is 3.95. The van der Waals surface area contributed by atoms with Gasteiger partial charge in [0.05, 0.1) is 0 Å². The van der Waals surface area contributed by atoms with Gasteiger partial charge in [-0.15, -0.1) is 0 Å². The van der Waals surface area contributed by atoms with Crippen LogP contribution in [0.15, 0.2) is 11.7 Å². The van der Waals surface area contributed by atoms with E-state index in [0.717, 1.165) is 0 Å². The Labute approximate surface area is 96.2 Å². The van der Waals surface area contributed by atoms with Gasteiger partial charge >= 0.3 is 23.9 Å². The van der Waals surface area contributed by atoms with Crippen molar-refractivity contribution in [1.82, 2.24) is 0 Å². The van der Waals surface area contributed by atoms with Gasteiger partial charge in [-0.2, -0.15) is 39.5 Å². The van der Waals surface area contributed by atoms with Crippen LogP contribution in [0, 0.1) is 0 Å². The van der Waals surface area contributed by atoms with E-state index >= 15 is 0 Å². The van der Waals surface area contributed by atoms with Crippen LogP contribution in [-0.2, 0) is 0 Å². The highest BCUT2D eigenvalue weighted by molar-refractivity contribution is 5.21. The molecular formula is C7H2F12. The van der Waals surface area contributed by atoms with Gasteiger partial charge in [0, 0.05) is 0 Å². The summed E-state index contributed by atoms with van der Waals surface area (Å²) in [5.74, 6) is -28.1. The quantitative estimate of drug-likeness (QED) is 0.667. The third-order valence-corrected chi connectivity index (χ3v) is 1.73. The van der Waals surface area contributed by atoms with Crippen molar-refractivity contribution in [2.24, 2.45) is 0 Å². The average molecular weight is 314 g/mol. The minimum Gasteiger partial charge on any atom is -0.244 e. The van der Waals surface area contributed by atoms with Crippen molar-refractivity contribution in [2.45, 2.75) is 23.9 Å². The van der Waals surface area contributed by atoms with Crippen molar-refractivity contribution in [3.63, 3.8) is 0 Å². The molecule has 0 aromatic heterocycles. The summed E-state index contributed by atoms with van der Waals surface area (Å²) in [4.78, 5) is 0. The van der Waals surface area contributed by atoms with Crippen molar-refractivity contribution >= 4 is 0 Å². The number of allylic oxidation sites excluding steroid dienone is 2. The van der Waals surface area contributed by atoms with E-state index in [1.165, 1.54) is 0 Å². The normalized spacial score (nSPS) is 16.4. The molecule has 19 heavy (non-hydrogen) atoms. The molecule has 12 heteroatoms. The van der Waals surface area contributed by atoms with Crippen LogP contribution in [0.3, 0.4) is 0 Å². The molecule has 0 radical (unpaired) electrons. The fourth-order valence-corrected chi connectivity index (χ4v) is 0.645. The lowest BCUT2D eigenvalue weighted by atomic mass is 10.1.